The molecule has 2 unspecified atom stereocenters. The summed E-state index contributed by atoms with van der Waals surface area (Å²) in [5.74, 6) is -3.58. The topological polar surface area (TPSA) is 151 Å². The largest absolute Gasteiger partial charge is 0.508 e. The summed E-state index contributed by atoms with van der Waals surface area (Å²) in [6.45, 7) is 23.7. The van der Waals surface area contributed by atoms with Gasteiger partial charge in [-0.05, 0) is 68.9 Å². The van der Waals surface area contributed by atoms with E-state index in [1.54, 1.807) is 24.3 Å². The van der Waals surface area contributed by atoms with Crippen LogP contribution < -0.4 is 10.6 Å². The summed E-state index contributed by atoms with van der Waals surface area (Å²) >= 11 is 0. The predicted molar refractivity (Wildman–Crippen MR) is 195 cm³/mol. The molecule has 0 aliphatic rings. The van der Waals surface area contributed by atoms with Crippen LogP contribution in [0.4, 0.5) is 0 Å². The van der Waals surface area contributed by atoms with E-state index in [0.29, 0.717) is 12.8 Å². The SMILES string of the molecule is CC(C)(C)CC(C(=O)OCCNC(=O)C(=O)NCCOC(=O)C(CC(C)(C)C)c1ccc(O)c(C(C)(C)C)c1)c1ccc(O)c(C(C)(C)C)c1. The van der Waals surface area contributed by atoms with E-state index in [1.807, 2.05) is 95.2 Å². The molecule has 0 saturated heterocycles. The number of carbonyl (C=O) groups excluding carboxylic acids is 4. The van der Waals surface area contributed by atoms with Crippen LogP contribution in [-0.4, -0.2) is 60.3 Å². The molecule has 2 rings (SSSR count). The fraction of sp³-hybridized carbons (Fsp3) is 0.600. The lowest BCUT2D eigenvalue weighted by Gasteiger charge is -2.27. The number of amides is 2. The average Bonchev–Trinajstić information content (AvgIpc) is 2.97. The third-order valence-corrected chi connectivity index (χ3v) is 8.13. The van der Waals surface area contributed by atoms with Crippen molar-refractivity contribution in [2.75, 3.05) is 26.3 Å². The zero-order valence-corrected chi connectivity index (χ0v) is 32.2. The molecule has 2 amide bonds. The van der Waals surface area contributed by atoms with Crippen molar-refractivity contribution >= 4 is 23.8 Å². The van der Waals surface area contributed by atoms with Crippen molar-refractivity contribution in [3.63, 3.8) is 0 Å². The maximum atomic E-state index is 13.2. The van der Waals surface area contributed by atoms with E-state index in [2.05, 4.69) is 10.6 Å². The summed E-state index contributed by atoms with van der Waals surface area (Å²) in [5, 5.41) is 25.7. The first-order chi connectivity index (χ1) is 22.8. The smallest absolute Gasteiger partial charge is 0.313 e. The molecule has 0 radical (unpaired) electrons. The van der Waals surface area contributed by atoms with E-state index in [0.717, 1.165) is 22.3 Å². The molecule has 0 aromatic heterocycles. The second-order valence-electron chi connectivity index (χ2n) is 17.5. The van der Waals surface area contributed by atoms with Crippen LogP contribution in [0.2, 0.25) is 0 Å². The first kappa shape index (κ1) is 42.1. The normalized spacial score (nSPS) is 13.6. The number of hydrogen-bond donors (Lipinski definition) is 4. The van der Waals surface area contributed by atoms with E-state index in [-0.39, 0.29) is 59.5 Å². The number of carbonyl (C=O) groups is 4. The van der Waals surface area contributed by atoms with Crippen molar-refractivity contribution in [3.8, 4) is 11.5 Å². The third-order valence-electron chi connectivity index (χ3n) is 8.13. The van der Waals surface area contributed by atoms with E-state index >= 15 is 0 Å². The van der Waals surface area contributed by atoms with Crippen molar-refractivity contribution in [1.82, 2.24) is 10.6 Å². The van der Waals surface area contributed by atoms with Gasteiger partial charge in [-0.3, -0.25) is 19.2 Å². The Bertz CT molecular complexity index is 1390. The summed E-state index contributed by atoms with van der Waals surface area (Å²) in [6.07, 6.45) is 1.01. The Morgan fingerprint density at radius 1 is 0.580 bits per heavy atom. The number of hydrogen-bond acceptors (Lipinski definition) is 8. The molecular formula is C40H60N2O8. The number of benzene rings is 2. The molecule has 2 aromatic rings. The van der Waals surface area contributed by atoms with Gasteiger partial charge in [-0.25, -0.2) is 0 Å². The molecule has 4 N–H and O–H groups in total. The number of rotatable bonds is 12. The van der Waals surface area contributed by atoms with E-state index < -0.39 is 35.6 Å². The number of phenols is 2. The Balaban J connectivity index is 1.92. The molecule has 0 heterocycles. The summed E-state index contributed by atoms with van der Waals surface area (Å²) < 4.78 is 11.0. The van der Waals surface area contributed by atoms with Crippen LogP contribution in [0.1, 0.15) is 130 Å². The molecule has 50 heavy (non-hydrogen) atoms. The minimum Gasteiger partial charge on any atom is -0.508 e. The van der Waals surface area contributed by atoms with Crippen molar-refractivity contribution in [3.05, 3.63) is 58.7 Å². The fourth-order valence-electron chi connectivity index (χ4n) is 5.64. The number of phenolic OH excluding ortho intramolecular Hbond substituents is 2. The Kier molecular flexibility index (Phi) is 14.1. The van der Waals surface area contributed by atoms with Crippen molar-refractivity contribution in [2.24, 2.45) is 10.8 Å². The first-order valence-electron chi connectivity index (χ1n) is 17.4. The maximum absolute atomic E-state index is 13.2. The van der Waals surface area contributed by atoms with Gasteiger partial charge in [-0.15, -0.1) is 0 Å². The molecule has 0 fully saturated rings. The molecule has 0 spiro atoms. The predicted octanol–water partition coefficient (Wildman–Crippen LogP) is 6.75. The third kappa shape index (κ3) is 13.3. The van der Waals surface area contributed by atoms with Crippen LogP contribution in [0.5, 0.6) is 11.5 Å². The zero-order chi connectivity index (χ0) is 38.2. The van der Waals surface area contributed by atoms with Crippen molar-refractivity contribution in [1.29, 1.82) is 0 Å². The van der Waals surface area contributed by atoms with E-state index in [9.17, 15) is 29.4 Å². The van der Waals surface area contributed by atoms with Crippen LogP contribution in [0.15, 0.2) is 36.4 Å². The van der Waals surface area contributed by atoms with Gasteiger partial charge in [0.1, 0.15) is 24.7 Å². The summed E-state index contributed by atoms with van der Waals surface area (Å²) in [4.78, 5) is 51.3. The number of esters is 2. The molecule has 278 valence electrons. The van der Waals surface area contributed by atoms with Crippen molar-refractivity contribution < 1.29 is 38.9 Å². The molecule has 0 aliphatic heterocycles. The highest BCUT2D eigenvalue weighted by molar-refractivity contribution is 6.35. The highest BCUT2D eigenvalue weighted by atomic mass is 16.5. The van der Waals surface area contributed by atoms with Gasteiger partial charge >= 0.3 is 23.8 Å². The summed E-state index contributed by atoms with van der Waals surface area (Å²) in [7, 11) is 0. The molecule has 10 heteroatoms. The minimum atomic E-state index is -0.906. The quantitative estimate of drug-likeness (QED) is 0.108. The van der Waals surface area contributed by atoms with Gasteiger partial charge < -0.3 is 30.3 Å². The standard InChI is InChI=1S/C40H60N2O8/c1-37(2,3)23-27(25-13-15-31(43)29(21-25)39(7,8)9)35(47)49-19-17-41-33(45)34(46)42-18-20-50-36(48)28(24-38(4,5)6)26-14-16-32(44)30(22-26)40(10,11)12/h13-16,21-22,27-28,43-44H,17-20,23-24H2,1-12H3,(H,41,45)(H,42,46). The Morgan fingerprint density at radius 2 is 0.900 bits per heavy atom. The van der Waals surface area contributed by atoms with Crippen LogP contribution in [0.25, 0.3) is 0 Å². The number of nitrogens with one attached hydrogen (secondary N) is 2. The Hall–Kier alpha value is -4.08. The molecule has 2 atom stereocenters. The van der Waals surface area contributed by atoms with Gasteiger partial charge in [-0.1, -0.05) is 107 Å². The zero-order valence-electron chi connectivity index (χ0n) is 32.2. The van der Waals surface area contributed by atoms with Gasteiger partial charge in [0.05, 0.1) is 24.9 Å². The van der Waals surface area contributed by atoms with Crippen LogP contribution in [0.3, 0.4) is 0 Å². The Morgan fingerprint density at radius 3 is 1.18 bits per heavy atom. The van der Waals surface area contributed by atoms with Crippen LogP contribution in [0, 0.1) is 10.8 Å². The van der Waals surface area contributed by atoms with E-state index in [1.165, 1.54) is 0 Å². The summed E-state index contributed by atoms with van der Waals surface area (Å²) in [5.41, 5.74) is 1.87. The van der Waals surface area contributed by atoms with Crippen LogP contribution >= 0.6 is 0 Å². The lowest BCUT2D eigenvalue weighted by Crippen LogP contribution is -2.42. The average molecular weight is 697 g/mol. The Labute approximate surface area is 298 Å². The molecular weight excluding hydrogens is 636 g/mol. The molecule has 0 aliphatic carbocycles. The van der Waals surface area contributed by atoms with Gasteiger partial charge in [0, 0.05) is 0 Å². The van der Waals surface area contributed by atoms with Gasteiger partial charge in [0.25, 0.3) is 0 Å². The summed E-state index contributed by atoms with van der Waals surface area (Å²) in [6, 6.07) is 10.3. The number of ether oxygens (including phenoxy) is 2. The van der Waals surface area contributed by atoms with Gasteiger partial charge in [-0.2, -0.15) is 0 Å². The highest BCUT2D eigenvalue weighted by Crippen LogP contribution is 2.39. The first-order valence-corrected chi connectivity index (χ1v) is 17.4. The van der Waals surface area contributed by atoms with Gasteiger partial charge in [0.2, 0.25) is 0 Å². The van der Waals surface area contributed by atoms with Gasteiger partial charge in [0.15, 0.2) is 0 Å². The van der Waals surface area contributed by atoms with Crippen LogP contribution in [-0.2, 0) is 39.5 Å². The molecule has 2 aromatic carbocycles. The second-order valence-corrected chi connectivity index (χ2v) is 17.5. The number of aromatic hydroxyl groups is 2. The molecule has 0 saturated carbocycles. The monoisotopic (exact) mass is 696 g/mol. The lowest BCUT2D eigenvalue weighted by atomic mass is 9.79. The molecule has 0 bridgehead atoms. The second kappa shape index (κ2) is 16.8. The lowest BCUT2D eigenvalue weighted by molar-refractivity contribution is -0.148. The molecule has 10 nitrogen and oxygen atoms in total. The maximum Gasteiger partial charge on any atom is 0.313 e. The fourth-order valence-corrected chi connectivity index (χ4v) is 5.64. The van der Waals surface area contributed by atoms with E-state index in [4.69, 9.17) is 9.47 Å². The highest BCUT2D eigenvalue weighted by Gasteiger charge is 2.31. The van der Waals surface area contributed by atoms with Crippen molar-refractivity contribution in [2.45, 2.75) is 119 Å². The minimum absolute atomic E-state index is 0.0737.